The van der Waals surface area contributed by atoms with Crippen molar-refractivity contribution in [3.05, 3.63) is 24.3 Å². The first-order valence-electron chi connectivity index (χ1n) is 6.72. The molecule has 0 aromatic heterocycles. The molecule has 0 saturated carbocycles. The van der Waals surface area contributed by atoms with E-state index in [1.165, 1.54) is 12.1 Å². The predicted octanol–water partition coefficient (Wildman–Crippen LogP) is 1.96. The van der Waals surface area contributed by atoms with E-state index in [-0.39, 0.29) is 10.9 Å². The molecule has 0 atom stereocenters. The minimum Gasteiger partial charge on any atom is -0.406 e. The molecule has 1 aromatic carbocycles. The van der Waals surface area contributed by atoms with Crippen molar-refractivity contribution in [1.82, 2.24) is 9.62 Å². The van der Waals surface area contributed by atoms with Crippen LogP contribution >= 0.6 is 0 Å². The minimum atomic E-state index is -4.86. The molecule has 1 fully saturated rings. The molecule has 0 unspecified atom stereocenters. The van der Waals surface area contributed by atoms with Crippen LogP contribution in [-0.4, -0.2) is 45.9 Å². The van der Waals surface area contributed by atoms with Crippen LogP contribution in [0.5, 0.6) is 5.75 Å². The van der Waals surface area contributed by atoms with Gasteiger partial charge in [-0.2, -0.15) is 0 Å². The molecule has 0 spiro atoms. The number of sulfonamides is 1. The van der Waals surface area contributed by atoms with E-state index in [1.54, 1.807) is 0 Å². The van der Waals surface area contributed by atoms with Crippen LogP contribution in [0.25, 0.3) is 0 Å². The maximum atomic E-state index is 12.2. The fourth-order valence-corrected chi connectivity index (χ4v) is 3.59. The van der Waals surface area contributed by atoms with Crippen molar-refractivity contribution < 1.29 is 26.3 Å². The molecule has 22 heavy (non-hydrogen) atoms. The van der Waals surface area contributed by atoms with E-state index in [1.807, 2.05) is 7.05 Å². The molecule has 1 N–H and O–H groups in total. The van der Waals surface area contributed by atoms with Gasteiger partial charge in [0, 0.05) is 12.1 Å². The second kappa shape index (κ2) is 6.43. The first-order chi connectivity index (χ1) is 10.2. The molecule has 9 heteroatoms. The van der Waals surface area contributed by atoms with Gasteiger partial charge in [0.15, 0.2) is 0 Å². The van der Waals surface area contributed by atoms with Crippen LogP contribution in [0.15, 0.2) is 29.2 Å². The third-order valence-electron chi connectivity index (χ3n) is 3.39. The zero-order chi connectivity index (χ0) is 16.4. The molecule has 0 aliphatic carbocycles. The lowest BCUT2D eigenvalue weighted by molar-refractivity contribution is -0.274. The van der Waals surface area contributed by atoms with E-state index in [9.17, 15) is 21.6 Å². The highest BCUT2D eigenvalue weighted by Gasteiger charge is 2.31. The summed E-state index contributed by atoms with van der Waals surface area (Å²) in [6, 6.07) is 4.16. The Morgan fingerprint density at radius 3 is 2.50 bits per heavy atom. The first-order valence-corrected chi connectivity index (χ1v) is 8.21. The van der Waals surface area contributed by atoms with Gasteiger partial charge in [-0.3, -0.25) is 0 Å². The monoisotopic (exact) mass is 338 g/mol. The van der Waals surface area contributed by atoms with Crippen molar-refractivity contribution >= 4 is 10.0 Å². The number of benzene rings is 1. The van der Waals surface area contributed by atoms with Gasteiger partial charge in [-0.05, 0) is 45.1 Å². The van der Waals surface area contributed by atoms with E-state index in [4.69, 9.17) is 0 Å². The third kappa shape index (κ3) is 4.85. The smallest absolute Gasteiger partial charge is 0.406 e. The Morgan fingerprint density at radius 1 is 1.27 bits per heavy atom. The molecule has 0 amide bonds. The van der Waals surface area contributed by atoms with Crippen molar-refractivity contribution in [3.63, 3.8) is 0 Å². The summed E-state index contributed by atoms with van der Waals surface area (Å²) in [5.74, 6) is -0.557. The Balaban J connectivity index is 2.10. The minimum absolute atomic E-state index is 0.214. The number of alkyl halides is 3. The lowest BCUT2D eigenvalue weighted by Crippen LogP contribution is -2.43. The largest absolute Gasteiger partial charge is 0.573 e. The van der Waals surface area contributed by atoms with E-state index >= 15 is 0 Å². The Labute approximate surface area is 127 Å². The summed E-state index contributed by atoms with van der Waals surface area (Å²) in [4.78, 5) is 1.84. The molecular weight excluding hydrogens is 321 g/mol. The predicted molar refractivity (Wildman–Crippen MR) is 74.0 cm³/mol. The number of hydrogen-bond acceptors (Lipinski definition) is 4. The normalized spacial score (nSPS) is 18.4. The molecule has 1 aliphatic rings. The number of nitrogens with one attached hydrogen (secondary N) is 1. The van der Waals surface area contributed by atoms with Crippen molar-refractivity contribution in [2.75, 3.05) is 20.1 Å². The highest BCUT2D eigenvalue weighted by Crippen LogP contribution is 2.25. The van der Waals surface area contributed by atoms with Gasteiger partial charge in [0.1, 0.15) is 5.75 Å². The van der Waals surface area contributed by atoms with E-state index in [2.05, 4.69) is 14.4 Å². The van der Waals surface area contributed by atoms with Crippen LogP contribution < -0.4 is 9.46 Å². The first kappa shape index (κ1) is 17.0. The Hall–Kier alpha value is -1.32. The molecular formula is C13H17F3N2O3S. The van der Waals surface area contributed by atoms with Crippen LogP contribution in [0.4, 0.5) is 13.2 Å². The summed E-state index contributed by atoms with van der Waals surface area (Å²) in [6.07, 6.45) is -3.54. The molecule has 2 rings (SSSR count). The van der Waals surface area contributed by atoms with Crippen molar-refractivity contribution in [2.24, 2.45) is 0 Å². The maximum absolute atomic E-state index is 12.2. The van der Waals surface area contributed by atoms with Gasteiger partial charge < -0.3 is 9.64 Å². The van der Waals surface area contributed by atoms with Gasteiger partial charge in [-0.25, -0.2) is 13.1 Å². The van der Waals surface area contributed by atoms with Crippen molar-refractivity contribution in [3.8, 4) is 5.75 Å². The average Bonchev–Trinajstić information content (AvgIpc) is 2.40. The van der Waals surface area contributed by atoms with Gasteiger partial charge in [-0.15, -0.1) is 13.2 Å². The second-order valence-electron chi connectivity index (χ2n) is 5.22. The summed E-state index contributed by atoms with van der Waals surface area (Å²) in [5, 5.41) is 0. The molecule has 0 radical (unpaired) electrons. The van der Waals surface area contributed by atoms with Crippen molar-refractivity contribution in [2.45, 2.75) is 30.1 Å². The fourth-order valence-electron chi connectivity index (χ4n) is 2.25. The SMILES string of the molecule is CN1CCC(NS(=O)(=O)c2cccc(OC(F)(F)F)c2)CC1. The fraction of sp³-hybridized carbons (Fsp3) is 0.538. The van der Waals surface area contributed by atoms with Gasteiger partial charge in [0.25, 0.3) is 0 Å². The summed E-state index contributed by atoms with van der Waals surface area (Å²) in [5.41, 5.74) is 0. The Bertz CT molecular complexity index is 611. The quantitative estimate of drug-likeness (QED) is 0.912. The lowest BCUT2D eigenvalue weighted by Gasteiger charge is -2.29. The molecule has 5 nitrogen and oxygen atoms in total. The molecule has 0 bridgehead atoms. The number of halogens is 3. The average molecular weight is 338 g/mol. The number of rotatable bonds is 4. The van der Waals surface area contributed by atoms with Gasteiger partial charge in [0.2, 0.25) is 10.0 Å². The second-order valence-corrected chi connectivity index (χ2v) is 6.94. The Kier molecular flexibility index (Phi) is 4.98. The van der Waals surface area contributed by atoms with Gasteiger partial charge in [0.05, 0.1) is 4.90 Å². The summed E-state index contributed by atoms with van der Waals surface area (Å²) in [6.45, 7) is 1.54. The van der Waals surface area contributed by atoms with E-state index < -0.39 is 22.1 Å². The molecule has 1 saturated heterocycles. The highest BCUT2D eigenvalue weighted by molar-refractivity contribution is 7.89. The van der Waals surface area contributed by atoms with Gasteiger partial charge >= 0.3 is 6.36 Å². The van der Waals surface area contributed by atoms with Gasteiger partial charge in [-0.1, -0.05) is 6.07 Å². The van der Waals surface area contributed by atoms with Crippen LogP contribution in [0.2, 0.25) is 0 Å². The molecule has 124 valence electrons. The number of ether oxygens (including phenoxy) is 1. The Morgan fingerprint density at radius 2 is 1.91 bits per heavy atom. The third-order valence-corrected chi connectivity index (χ3v) is 4.91. The molecule has 1 heterocycles. The lowest BCUT2D eigenvalue weighted by atomic mass is 10.1. The number of nitrogens with zero attached hydrogens (tertiary/aromatic N) is 1. The zero-order valence-electron chi connectivity index (χ0n) is 11.9. The highest BCUT2D eigenvalue weighted by atomic mass is 32.2. The molecule has 1 aromatic rings. The van der Waals surface area contributed by atoms with E-state index in [0.29, 0.717) is 12.8 Å². The number of likely N-dealkylation sites (tertiary alicyclic amines) is 1. The molecule has 1 aliphatic heterocycles. The van der Waals surface area contributed by atoms with Crippen LogP contribution in [0.1, 0.15) is 12.8 Å². The van der Waals surface area contributed by atoms with Crippen LogP contribution in [-0.2, 0) is 10.0 Å². The summed E-state index contributed by atoms with van der Waals surface area (Å²) in [7, 11) is -1.92. The number of piperidine rings is 1. The van der Waals surface area contributed by atoms with Crippen LogP contribution in [0.3, 0.4) is 0 Å². The number of hydrogen-bond donors (Lipinski definition) is 1. The van der Waals surface area contributed by atoms with Crippen molar-refractivity contribution in [1.29, 1.82) is 0 Å². The summed E-state index contributed by atoms with van der Waals surface area (Å²) >= 11 is 0. The van der Waals surface area contributed by atoms with E-state index in [0.717, 1.165) is 25.2 Å². The van der Waals surface area contributed by atoms with Crippen LogP contribution in [0, 0.1) is 0 Å². The topological polar surface area (TPSA) is 58.6 Å². The zero-order valence-corrected chi connectivity index (χ0v) is 12.7. The standard InChI is InChI=1S/C13H17F3N2O3S/c1-18-7-5-10(6-8-18)17-22(19,20)12-4-2-3-11(9-12)21-13(14,15)16/h2-4,9-10,17H,5-8H2,1H3. The maximum Gasteiger partial charge on any atom is 0.573 e. The summed E-state index contributed by atoms with van der Waals surface area (Å²) < 4.78 is 67.3.